The minimum Gasteiger partial charge on any atom is -0.394 e. The van der Waals surface area contributed by atoms with E-state index in [1.54, 1.807) is 59.9 Å². The van der Waals surface area contributed by atoms with Crippen molar-refractivity contribution in [2.45, 2.75) is 189 Å². The van der Waals surface area contributed by atoms with Crippen LogP contribution in [-0.2, 0) is 19.2 Å². The van der Waals surface area contributed by atoms with Crippen LogP contribution in [0.25, 0.3) is 70.9 Å². The first kappa shape index (κ1) is 93.9. The van der Waals surface area contributed by atoms with Crippen molar-refractivity contribution in [3.05, 3.63) is 224 Å². The number of aromatic amines is 2. The molecule has 13 fully saturated rings. The van der Waals surface area contributed by atoms with Crippen molar-refractivity contribution in [2.75, 3.05) is 111 Å². The molecular weight excluding hydrogens is 1840 g/mol. The molecule has 13 aliphatic rings. The highest BCUT2D eigenvalue weighted by atomic mass is 16.3. The number of nitrogens with zero attached hydrogens (tertiary/aromatic N) is 21. The third kappa shape index (κ3) is 21.4. The average molecular weight is 1960 g/mol. The summed E-state index contributed by atoms with van der Waals surface area (Å²) in [5.41, 5.74) is 14.6. The summed E-state index contributed by atoms with van der Waals surface area (Å²) in [6.45, 7) is 24.8. The van der Waals surface area contributed by atoms with Crippen LogP contribution in [-0.4, -0.2) is 251 Å². The Morgan fingerprint density at radius 3 is 1.17 bits per heavy atom. The number of amides is 4. The second kappa shape index (κ2) is 40.0. The van der Waals surface area contributed by atoms with Gasteiger partial charge in [-0.3, -0.25) is 19.2 Å². The van der Waals surface area contributed by atoms with Gasteiger partial charge in [-0.25, -0.2) is 34.4 Å². The van der Waals surface area contributed by atoms with Gasteiger partial charge >= 0.3 is 5.69 Å². The predicted molar refractivity (Wildman–Crippen MR) is 556 cm³/mol. The molecule has 0 bridgehead atoms. The number of nitrogens with one attached hydrogen (secondary N) is 13. The lowest BCUT2D eigenvalue weighted by atomic mass is 10.1. The van der Waals surface area contributed by atoms with Crippen LogP contribution < -0.4 is 89.6 Å². The number of aliphatic hydroxyl groups is 3. The number of hydrogen-bond acceptors (Lipinski definition) is 30. The molecule has 26 rings (SSSR count). The quantitative estimate of drug-likeness (QED) is 0.0239. The number of β-amino-alcohol motifs (C(OH)–C–C–N with tert-alkyl or cyclic N) is 1. The average Bonchev–Trinajstić information content (AvgIpc) is 1.66. The van der Waals surface area contributed by atoms with Gasteiger partial charge in [-0.2, -0.15) is 53.2 Å². The summed E-state index contributed by atoms with van der Waals surface area (Å²) in [7, 11) is 2.16. The zero-order valence-corrected chi connectivity index (χ0v) is 80.7. The predicted octanol–water partition coefficient (Wildman–Crippen LogP) is 8.37. The fraction of sp³-hybridized carbons (Fsp3) is 0.379. The van der Waals surface area contributed by atoms with Crippen LogP contribution in [0, 0.1) is 0 Å². The number of aromatic nitrogens is 19. The maximum atomic E-state index is 12.1. The highest BCUT2D eigenvalue weighted by molar-refractivity contribution is 6.05. The molecule has 8 saturated heterocycles. The smallest absolute Gasteiger partial charge is 0.323 e. The van der Waals surface area contributed by atoms with Crippen molar-refractivity contribution >= 4 is 153 Å². The van der Waals surface area contributed by atoms with Gasteiger partial charge in [0.1, 0.15) is 58.2 Å². The topological polar surface area (TPSA) is 492 Å². The van der Waals surface area contributed by atoms with Crippen molar-refractivity contribution in [1.29, 1.82) is 0 Å². The van der Waals surface area contributed by atoms with E-state index in [0.717, 1.165) is 232 Å². The molecule has 5 aliphatic carbocycles. The fourth-order valence-electron chi connectivity index (χ4n) is 19.2. The zero-order valence-electron chi connectivity index (χ0n) is 80.7. The Bertz CT molecular complexity index is 7450. The number of likely N-dealkylation sites (tertiary alicyclic amines) is 1. The fourth-order valence-corrected chi connectivity index (χ4v) is 19.2. The minimum absolute atomic E-state index is 0.0914. The van der Waals surface area contributed by atoms with Crippen LogP contribution >= 0.6 is 0 Å². The molecule has 0 radical (unpaired) electrons. The van der Waals surface area contributed by atoms with Crippen molar-refractivity contribution in [3.63, 3.8) is 0 Å². The van der Waals surface area contributed by atoms with E-state index in [9.17, 15) is 39.3 Å². The molecule has 13 aromatic rings. The van der Waals surface area contributed by atoms with Gasteiger partial charge in [0.2, 0.25) is 0 Å². The van der Waals surface area contributed by atoms with E-state index in [4.69, 9.17) is 24.9 Å². The van der Waals surface area contributed by atoms with Gasteiger partial charge in [-0.15, -0.1) is 0 Å². The lowest BCUT2D eigenvalue weighted by Crippen LogP contribution is -2.36. The summed E-state index contributed by atoms with van der Waals surface area (Å²) < 4.78 is 10.8. The van der Waals surface area contributed by atoms with Gasteiger partial charge in [0.25, 0.3) is 23.6 Å². The number of fused-ring (bicyclic) bond motifs is 5. The number of hydrogen-bond donors (Lipinski definition) is 16. The summed E-state index contributed by atoms with van der Waals surface area (Å²) in [6.07, 6.45) is 41.9. The van der Waals surface area contributed by atoms with Crippen LogP contribution in [0.2, 0.25) is 0 Å². The summed E-state index contributed by atoms with van der Waals surface area (Å²) in [4.78, 5) is 98.3. The molecule has 8 aliphatic heterocycles. The third-order valence-electron chi connectivity index (χ3n) is 27.7. The lowest BCUT2D eigenvalue weighted by Gasteiger charge is -2.29. The number of piperidine rings is 1. The van der Waals surface area contributed by atoms with E-state index in [2.05, 4.69) is 165 Å². The van der Waals surface area contributed by atoms with E-state index < -0.39 is 0 Å². The van der Waals surface area contributed by atoms with Crippen LogP contribution in [0.1, 0.15) is 163 Å². The molecule has 4 amide bonds. The molecule has 748 valence electrons. The minimum atomic E-state index is -0.317. The second-order valence-electron chi connectivity index (χ2n) is 39.6. The lowest BCUT2D eigenvalue weighted by molar-refractivity contribution is -0.116. The van der Waals surface area contributed by atoms with Crippen LogP contribution in [0.15, 0.2) is 180 Å². The standard InChI is InChI=1S/C23H21N9O.C21H27N7O.2C20H24N6O2.C19H22N6O2/c1-14-19(29-23(33)26-14)10-15-13-25-32-21(28-16-6-7-16)12-20(30-22(15)32)27-17-4-2-5-18(11-17)31-9-3-8-24-31;1-13-9-14(21(29)23-13)10-15-12-22-28-19(25-16-3-4-16)11-18(26-20(15)28)24-17-5-7-27(2)8-6-17;2*1-12-7-13(20(28)22-12)8-14-10-21-26-18(23-15-4-5-15)9-17(24-19(14)26)25-6-2-3-16(25)11-27;1-11-6-12(19(27)21-11)7-13-9-20-25-17(22-14-2-3-14)8-16(23-18(13)25)24-5-4-15(26)10-24/h2-5,8-13,16,28H,1,6-7H2,(H,27,30)(H2,26,29,33);10-12,16-17,25H,1,3-9H2,2H3,(H,23,29)(H,24,26);2*8-10,15-16,23,27H,1-7,11H2,(H,22,28);7-9,14-15,22,26H,1-6,10H2,(H,21,27)/b19-10-;14-10+;2*13-8+;12-7+/t;;2*16-;15-/m..100/s1. The number of carbonyl (C=O) groups excluding carboxylic acids is 4. The molecule has 5 saturated carbocycles. The summed E-state index contributed by atoms with van der Waals surface area (Å²) in [6, 6.07) is 22.9. The normalized spacial score (nSPS) is 21.4. The van der Waals surface area contributed by atoms with Crippen molar-refractivity contribution in [1.82, 2.24) is 119 Å². The van der Waals surface area contributed by atoms with Gasteiger partial charge in [0.05, 0.1) is 78.8 Å². The van der Waals surface area contributed by atoms with Crippen molar-refractivity contribution in [3.8, 4) is 5.69 Å². The SMILES string of the molecule is C=C1C/C(=C\c2cnn3c(NC4CC4)cc(N4CCC[C@@H]4CO)nc23)C(=O)N1.C=C1C/C(=C\c2cnn3c(NC4CC4)cc(N4CCC[C@H]4CO)nc23)C(=O)N1.C=C1C/C(=C\c2cnn3c(NC4CC4)cc(N4CC[C@H](O)C4)nc23)C(=O)N1.C=C1C/C(=C\c2cnn3c(NC4CC4)cc(NC4CCN(C)CC4)nc23)C(=O)N1.C=c1[nH]c(=O)[nH]/c1=C\c1cnn2c(NC3CC3)cc(Nc3cccc(-n4cccn4)c3)nc12. The third-order valence-corrected chi connectivity index (χ3v) is 27.7. The van der Waals surface area contributed by atoms with Gasteiger partial charge < -0.3 is 103 Å². The maximum Gasteiger partial charge on any atom is 0.323 e. The van der Waals surface area contributed by atoms with Gasteiger partial charge in [-0.1, -0.05) is 39.0 Å². The first-order valence-corrected chi connectivity index (χ1v) is 50.0. The Balaban J connectivity index is 0.000000103. The molecule has 42 heteroatoms. The molecule has 145 heavy (non-hydrogen) atoms. The maximum absolute atomic E-state index is 12.1. The number of H-pyrrole nitrogens is 2. The van der Waals surface area contributed by atoms with E-state index in [1.165, 1.54) is 12.8 Å². The number of anilines is 11. The Morgan fingerprint density at radius 1 is 0.407 bits per heavy atom. The molecule has 0 unspecified atom stereocenters. The van der Waals surface area contributed by atoms with Crippen LogP contribution in [0.3, 0.4) is 0 Å². The number of allylic oxidation sites excluding steroid dienone is 4. The molecule has 42 nitrogen and oxygen atoms in total. The molecule has 3 atom stereocenters. The van der Waals surface area contributed by atoms with Crippen molar-refractivity contribution in [2.24, 2.45) is 0 Å². The van der Waals surface area contributed by atoms with Gasteiger partial charge in [0, 0.05) is 209 Å². The van der Waals surface area contributed by atoms with E-state index in [0.29, 0.717) is 147 Å². The summed E-state index contributed by atoms with van der Waals surface area (Å²) in [5, 5.41) is 93.0. The molecule has 16 N–H and O–H groups in total. The number of aliphatic hydroxyl groups excluding tert-OH is 3. The van der Waals surface area contributed by atoms with Gasteiger partial charge in [-0.05, 0) is 184 Å². The molecular formula is C103H118N34O8. The second-order valence-corrected chi connectivity index (χ2v) is 39.6. The Labute approximate surface area is 832 Å². The summed E-state index contributed by atoms with van der Waals surface area (Å²) >= 11 is 0. The molecule has 12 aromatic heterocycles. The van der Waals surface area contributed by atoms with Crippen LogP contribution in [0.4, 0.5) is 63.9 Å². The zero-order chi connectivity index (χ0) is 99.4. The number of imidazole rings is 1. The summed E-state index contributed by atoms with van der Waals surface area (Å²) in [5.74, 6) is 8.09. The number of benzene rings is 1. The van der Waals surface area contributed by atoms with E-state index in [1.807, 2.05) is 95.7 Å². The Morgan fingerprint density at radius 2 is 0.793 bits per heavy atom. The van der Waals surface area contributed by atoms with Crippen molar-refractivity contribution < 1.29 is 34.5 Å². The van der Waals surface area contributed by atoms with E-state index in [-0.39, 0.29) is 60.7 Å². The molecule has 20 heterocycles. The monoisotopic (exact) mass is 1960 g/mol. The first-order chi connectivity index (χ1) is 70.5. The number of carbonyl (C=O) groups is 4. The first-order valence-electron chi connectivity index (χ1n) is 50.0. The Hall–Kier alpha value is -16.1. The Kier molecular flexibility index (Phi) is 25.9. The molecule has 1 aromatic carbocycles. The van der Waals surface area contributed by atoms with E-state index >= 15 is 0 Å². The highest BCUT2D eigenvalue weighted by Gasteiger charge is 2.36. The molecule has 0 spiro atoms. The highest BCUT2D eigenvalue weighted by Crippen LogP contribution is 2.39. The number of rotatable bonds is 25. The largest absolute Gasteiger partial charge is 0.394 e. The van der Waals surface area contributed by atoms with Gasteiger partial charge in [0.15, 0.2) is 28.2 Å². The van der Waals surface area contributed by atoms with Crippen LogP contribution in [0.5, 0.6) is 0 Å².